The Kier molecular flexibility index (Phi) is 10.6. The molecule has 2 aromatic carbocycles. The first-order chi connectivity index (χ1) is 24.9. The van der Waals surface area contributed by atoms with Gasteiger partial charge >= 0.3 is 12.1 Å². The van der Waals surface area contributed by atoms with Crippen LogP contribution in [0.1, 0.15) is 46.9 Å². The Balaban J connectivity index is 1.30. The Morgan fingerprint density at radius 1 is 1.02 bits per heavy atom. The molecule has 0 aromatic heterocycles. The number of aliphatic hydroxyl groups is 2. The summed E-state index contributed by atoms with van der Waals surface area (Å²) >= 11 is 1.37. The molecule has 2 aromatic rings. The lowest BCUT2D eigenvalue weighted by atomic mass is 9.60. The third kappa shape index (κ3) is 6.27. The van der Waals surface area contributed by atoms with Gasteiger partial charge in [-0.25, -0.2) is 9.59 Å². The third-order valence-corrected chi connectivity index (χ3v) is 11.4. The van der Waals surface area contributed by atoms with Crippen molar-refractivity contribution >= 4 is 41.2 Å². The van der Waals surface area contributed by atoms with Crippen LogP contribution in [0.5, 0.6) is 11.5 Å². The highest BCUT2D eigenvalue weighted by molar-refractivity contribution is 8.01. The summed E-state index contributed by atoms with van der Waals surface area (Å²) in [6, 6.07) is 8.67. The van der Waals surface area contributed by atoms with Crippen molar-refractivity contribution in [3.63, 3.8) is 0 Å². The number of esters is 1. The number of carbonyl (C=O) groups is 4. The van der Waals surface area contributed by atoms with Crippen LogP contribution >= 0.6 is 11.8 Å². The van der Waals surface area contributed by atoms with Crippen LogP contribution in [0.15, 0.2) is 60.4 Å². The van der Waals surface area contributed by atoms with Crippen LogP contribution in [0.4, 0.5) is 10.5 Å². The van der Waals surface area contributed by atoms with E-state index in [0.29, 0.717) is 16.9 Å². The number of carbonyl (C=O) groups excluding carboxylic acids is 4. The lowest BCUT2D eigenvalue weighted by Gasteiger charge is -2.54. The topological polar surface area (TPSA) is 197 Å². The van der Waals surface area contributed by atoms with Crippen molar-refractivity contribution in [1.82, 2.24) is 5.32 Å². The first kappa shape index (κ1) is 37.2. The van der Waals surface area contributed by atoms with Gasteiger partial charge in [0.2, 0.25) is 0 Å². The van der Waals surface area contributed by atoms with Crippen LogP contribution in [0.2, 0.25) is 0 Å². The standard InChI is InChI=1S/C36H40N2O13S/c1-16-28(39)25(50-34(43)20-13-23(46-4)24(47-5)14-22(20)37-33(42)17(2)45-3)15-26(49-16)51-30-27-18-9-7-8-10-19(18)32(41)36(21(27)11-12-52-36)31(29(30)40)38-35(44)48-6/h7-11,13-14,16,25-28,30-32,39,41H,2,12,15H2,1,3-6H3,(H,37,42)(H,38,44)/t16-,25-,26-,27?,28+,30?,31?,32?,36?/m0/s1. The number of ether oxygens (including phenoxy) is 7. The lowest BCUT2D eigenvalue weighted by molar-refractivity contribution is -0.259. The normalized spacial score (nSPS) is 30.1. The molecule has 0 spiro atoms. The van der Waals surface area contributed by atoms with E-state index in [9.17, 15) is 29.4 Å². The van der Waals surface area contributed by atoms with Crippen molar-refractivity contribution in [1.29, 1.82) is 0 Å². The molecule has 0 radical (unpaired) electrons. The molecule has 5 unspecified atom stereocenters. The molecule has 1 saturated heterocycles. The SMILES string of the molecule is C=C(OC)C(=O)Nc1cc(OC)c(OC)cc1C(=O)O[C@H]1C[C@H](OC2C(=O)C(NC(=O)OC)C34SCC=C3C2c2ccccc2C4O)O[C@@H](C)[C@H]1O. The number of nitrogens with one attached hydrogen (secondary N) is 2. The van der Waals surface area contributed by atoms with Crippen molar-refractivity contribution < 1.29 is 62.5 Å². The summed E-state index contributed by atoms with van der Waals surface area (Å²) in [5, 5.41) is 28.1. The van der Waals surface area contributed by atoms with E-state index >= 15 is 0 Å². The Morgan fingerprint density at radius 3 is 2.38 bits per heavy atom. The average Bonchev–Trinajstić information content (AvgIpc) is 3.60. The maximum absolute atomic E-state index is 14.4. The highest BCUT2D eigenvalue weighted by atomic mass is 32.2. The van der Waals surface area contributed by atoms with Gasteiger partial charge in [-0.2, -0.15) is 0 Å². The summed E-state index contributed by atoms with van der Waals surface area (Å²) < 4.78 is 37.6. The number of amides is 2. The Bertz CT molecular complexity index is 1820. The van der Waals surface area contributed by atoms with Crippen LogP contribution in [-0.4, -0.2) is 110 Å². The Morgan fingerprint density at radius 2 is 1.71 bits per heavy atom. The molecule has 2 heterocycles. The van der Waals surface area contributed by atoms with E-state index in [0.717, 1.165) is 5.57 Å². The number of fused-ring (bicyclic) bond motifs is 2. The molecule has 4 aliphatic rings. The van der Waals surface area contributed by atoms with Crippen LogP contribution < -0.4 is 20.1 Å². The van der Waals surface area contributed by atoms with Gasteiger partial charge in [-0.15, -0.1) is 11.8 Å². The van der Waals surface area contributed by atoms with E-state index in [2.05, 4.69) is 17.2 Å². The van der Waals surface area contributed by atoms with E-state index < -0.39 is 77.3 Å². The summed E-state index contributed by atoms with van der Waals surface area (Å²) in [7, 11) is 5.21. The first-order valence-corrected chi connectivity index (χ1v) is 17.4. The zero-order chi connectivity index (χ0) is 37.5. The quantitative estimate of drug-likeness (QED) is 0.120. The summed E-state index contributed by atoms with van der Waals surface area (Å²) in [6.07, 6.45) is -6.01. The van der Waals surface area contributed by atoms with Crippen LogP contribution in [0, 0.1) is 0 Å². The molecule has 1 saturated carbocycles. The fraction of sp³-hybridized carbons (Fsp3) is 0.444. The van der Waals surface area contributed by atoms with Gasteiger partial charge in [-0.3, -0.25) is 9.59 Å². The molecule has 6 rings (SSSR count). The van der Waals surface area contributed by atoms with Gasteiger partial charge in [0.1, 0.15) is 30.5 Å². The van der Waals surface area contributed by atoms with Gasteiger partial charge in [0.25, 0.3) is 5.91 Å². The minimum Gasteiger partial charge on any atom is -0.493 e. The predicted molar refractivity (Wildman–Crippen MR) is 185 cm³/mol. The fourth-order valence-electron chi connectivity index (χ4n) is 7.35. The zero-order valence-electron chi connectivity index (χ0n) is 29.1. The molecule has 15 nitrogen and oxygen atoms in total. The van der Waals surface area contributed by atoms with Gasteiger partial charge in [0, 0.05) is 30.2 Å². The highest BCUT2D eigenvalue weighted by Crippen LogP contribution is 2.63. The van der Waals surface area contributed by atoms with Gasteiger partial charge in [0.15, 0.2) is 29.3 Å². The molecule has 9 atom stereocenters. The fourth-order valence-corrected chi connectivity index (χ4v) is 8.89. The van der Waals surface area contributed by atoms with E-state index in [-0.39, 0.29) is 34.9 Å². The number of hydrogen-bond donors (Lipinski definition) is 4. The smallest absolute Gasteiger partial charge is 0.407 e. The van der Waals surface area contributed by atoms with Crippen molar-refractivity contribution in [3.8, 4) is 11.5 Å². The molecule has 52 heavy (non-hydrogen) atoms. The summed E-state index contributed by atoms with van der Waals surface area (Å²) in [4.78, 5) is 53.5. The molecular formula is C36H40N2O13S. The Hall–Kier alpha value is -4.61. The molecule has 2 aliphatic heterocycles. The second-order valence-corrected chi connectivity index (χ2v) is 13.9. The van der Waals surface area contributed by atoms with Crippen molar-refractivity contribution in [2.45, 2.75) is 66.9 Å². The number of aliphatic hydroxyl groups excluding tert-OH is 2. The molecular weight excluding hydrogens is 700 g/mol. The van der Waals surface area contributed by atoms with Gasteiger partial charge in [0.05, 0.1) is 50.5 Å². The van der Waals surface area contributed by atoms with Gasteiger partial charge in [-0.05, 0) is 23.6 Å². The van der Waals surface area contributed by atoms with Crippen LogP contribution in [0.3, 0.4) is 0 Å². The lowest BCUT2D eigenvalue weighted by Crippen LogP contribution is -2.68. The van der Waals surface area contributed by atoms with Crippen LogP contribution in [0.25, 0.3) is 0 Å². The monoisotopic (exact) mass is 740 g/mol. The number of ketones is 1. The van der Waals surface area contributed by atoms with Crippen molar-refractivity contribution in [2.24, 2.45) is 0 Å². The van der Waals surface area contributed by atoms with Crippen molar-refractivity contribution in [2.75, 3.05) is 39.5 Å². The number of Topliss-reactive ketones (excluding diaryl/α,β-unsaturated/α-hetero) is 1. The molecule has 2 aliphatic carbocycles. The molecule has 278 valence electrons. The number of anilines is 1. The maximum Gasteiger partial charge on any atom is 0.407 e. The number of thioether (sulfide) groups is 1. The van der Waals surface area contributed by atoms with E-state index in [4.69, 9.17) is 33.2 Å². The summed E-state index contributed by atoms with van der Waals surface area (Å²) in [5.74, 6) is -2.16. The number of rotatable bonds is 10. The number of hydrogen-bond acceptors (Lipinski definition) is 14. The predicted octanol–water partition coefficient (Wildman–Crippen LogP) is 2.76. The average molecular weight is 741 g/mol. The second kappa shape index (κ2) is 14.8. The Labute approximate surface area is 303 Å². The highest BCUT2D eigenvalue weighted by Gasteiger charge is 2.66. The molecule has 2 fully saturated rings. The van der Waals surface area contributed by atoms with E-state index in [1.807, 2.05) is 18.2 Å². The number of alkyl carbamates (subject to hydrolysis) is 1. The first-order valence-electron chi connectivity index (χ1n) is 16.4. The zero-order valence-corrected chi connectivity index (χ0v) is 29.9. The van der Waals surface area contributed by atoms with E-state index in [1.165, 1.54) is 52.3 Å². The van der Waals surface area contributed by atoms with Gasteiger partial charge in [-0.1, -0.05) is 36.9 Å². The summed E-state index contributed by atoms with van der Waals surface area (Å²) in [5.41, 5.74) is 1.90. The van der Waals surface area contributed by atoms with Gasteiger partial charge < -0.3 is 54.0 Å². The minimum atomic E-state index is -1.31. The third-order valence-electron chi connectivity index (χ3n) is 9.89. The van der Waals surface area contributed by atoms with E-state index in [1.54, 1.807) is 19.1 Å². The number of methoxy groups -OCH3 is 4. The molecule has 16 heteroatoms. The van der Waals surface area contributed by atoms with Crippen molar-refractivity contribution in [3.05, 3.63) is 77.1 Å². The summed E-state index contributed by atoms with van der Waals surface area (Å²) in [6.45, 7) is 5.10. The second-order valence-electron chi connectivity index (χ2n) is 12.6. The largest absolute Gasteiger partial charge is 0.493 e. The van der Waals surface area contributed by atoms with Crippen LogP contribution in [-0.2, 0) is 33.3 Å². The molecule has 2 bridgehead atoms. The molecule has 4 N–H and O–H groups in total. The minimum absolute atomic E-state index is 0.00505. The molecule has 2 amide bonds. The number of benzene rings is 2. The maximum atomic E-state index is 14.4.